The lowest BCUT2D eigenvalue weighted by Crippen LogP contribution is -2.27. The van der Waals surface area contributed by atoms with Crippen LogP contribution in [0, 0.1) is 0 Å². The number of carbonyl (C=O) groups is 1. The highest BCUT2D eigenvalue weighted by molar-refractivity contribution is 5.96. The van der Waals surface area contributed by atoms with E-state index in [0.717, 1.165) is 30.4 Å². The first-order valence-corrected chi connectivity index (χ1v) is 8.82. The molecule has 2 rings (SSSR count). The van der Waals surface area contributed by atoms with Gasteiger partial charge in [-0.25, -0.2) is 0 Å². The highest BCUT2D eigenvalue weighted by atomic mass is 16.1. The van der Waals surface area contributed by atoms with Gasteiger partial charge in [0.15, 0.2) is 0 Å². The molecule has 0 saturated carbocycles. The molecule has 0 aliphatic heterocycles. The SMILES string of the molecule is C=CC(=C)CCNC(=O)c1cc(C(C)(C)C)cc2c1CCC2(C)C. The Morgan fingerprint density at radius 2 is 2.00 bits per heavy atom. The van der Waals surface area contributed by atoms with Crippen LogP contribution >= 0.6 is 0 Å². The Morgan fingerprint density at radius 3 is 2.58 bits per heavy atom. The highest BCUT2D eigenvalue weighted by Crippen LogP contribution is 2.42. The summed E-state index contributed by atoms with van der Waals surface area (Å²) in [6, 6.07) is 4.41. The second-order valence-corrected chi connectivity index (χ2v) is 8.55. The Labute approximate surface area is 147 Å². The molecule has 24 heavy (non-hydrogen) atoms. The Balaban J connectivity index is 2.35. The third kappa shape index (κ3) is 3.80. The monoisotopic (exact) mass is 325 g/mol. The molecular weight excluding hydrogens is 294 g/mol. The number of hydrogen-bond acceptors (Lipinski definition) is 1. The number of fused-ring (bicyclic) bond motifs is 1. The molecule has 0 radical (unpaired) electrons. The number of hydrogen-bond donors (Lipinski definition) is 1. The first kappa shape index (κ1) is 18.5. The molecule has 1 aromatic carbocycles. The summed E-state index contributed by atoms with van der Waals surface area (Å²) in [5.74, 6) is 0.0342. The summed E-state index contributed by atoms with van der Waals surface area (Å²) in [6.45, 7) is 19.4. The van der Waals surface area contributed by atoms with E-state index >= 15 is 0 Å². The summed E-state index contributed by atoms with van der Waals surface area (Å²) in [7, 11) is 0. The molecular formula is C22H31NO. The van der Waals surface area contributed by atoms with Gasteiger partial charge in [-0.1, -0.05) is 65.5 Å². The van der Waals surface area contributed by atoms with Crippen LogP contribution in [0.5, 0.6) is 0 Å². The summed E-state index contributed by atoms with van der Waals surface area (Å²) < 4.78 is 0. The number of carbonyl (C=O) groups excluding carboxylic acids is 1. The van der Waals surface area contributed by atoms with Crippen LogP contribution in [0.3, 0.4) is 0 Å². The molecule has 0 saturated heterocycles. The first-order chi connectivity index (χ1) is 11.1. The van der Waals surface area contributed by atoms with Crippen molar-refractivity contribution in [2.45, 2.75) is 64.7 Å². The van der Waals surface area contributed by atoms with Crippen LogP contribution in [-0.4, -0.2) is 12.5 Å². The molecule has 1 amide bonds. The van der Waals surface area contributed by atoms with Crippen molar-refractivity contribution in [2.24, 2.45) is 0 Å². The highest BCUT2D eigenvalue weighted by Gasteiger charge is 2.34. The van der Waals surface area contributed by atoms with Crippen molar-refractivity contribution in [1.82, 2.24) is 5.32 Å². The summed E-state index contributed by atoms with van der Waals surface area (Å²) >= 11 is 0. The molecule has 1 aromatic rings. The van der Waals surface area contributed by atoms with Gasteiger partial charge >= 0.3 is 0 Å². The largest absolute Gasteiger partial charge is 0.352 e. The molecule has 0 aromatic heterocycles. The lowest BCUT2D eigenvalue weighted by atomic mass is 9.79. The average Bonchev–Trinajstić information content (AvgIpc) is 2.80. The maximum Gasteiger partial charge on any atom is 0.251 e. The van der Waals surface area contributed by atoms with Gasteiger partial charge in [0.05, 0.1) is 0 Å². The van der Waals surface area contributed by atoms with E-state index in [9.17, 15) is 4.79 Å². The summed E-state index contributed by atoms with van der Waals surface area (Å²) in [5, 5.41) is 3.05. The van der Waals surface area contributed by atoms with Crippen molar-refractivity contribution >= 4 is 5.91 Å². The maximum absolute atomic E-state index is 12.8. The molecule has 0 spiro atoms. The van der Waals surface area contributed by atoms with Crippen LogP contribution in [0.4, 0.5) is 0 Å². The van der Waals surface area contributed by atoms with Crippen molar-refractivity contribution in [1.29, 1.82) is 0 Å². The number of rotatable bonds is 5. The molecule has 1 aliphatic carbocycles. The quantitative estimate of drug-likeness (QED) is 0.752. The fourth-order valence-corrected chi connectivity index (χ4v) is 3.29. The smallest absolute Gasteiger partial charge is 0.251 e. The average molecular weight is 325 g/mol. The Hall–Kier alpha value is -1.83. The fourth-order valence-electron chi connectivity index (χ4n) is 3.29. The lowest BCUT2D eigenvalue weighted by Gasteiger charge is -2.26. The molecule has 0 fully saturated rings. The van der Waals surface area contributed by atoms with Gasteiger partial charge in [-0.15, -0.1) is 0 Å². The van der Waals surface area contributed by atoms with Crippen molar-refractivity contribution < 1.29 is 4.79 Å². The van der Waals surface area contributed by atoms with Gasteiger partial charge in [-0.2, -0.15) is 0 Å². The van der Waals surface area contributed by atoms with Crippen LogP contribution in [0.25, 0.3) is 0 Å². The molecule has 1 N–H and O–H groups in total. The minimum absolute atomic E-state index is 0.0276. The van der Waals surface area contributed by atoms with E-state index < -0.39 is 0 Å². The van der Waals surface area contributed by atoms with Crippen LogP contribution in [0.2, 0.25) is 0 Å². The first-order valence-electron chi connectivity index (χ1n) is 8.82. The second-order valence-electron chi connectivity index (χ2n) is 8.55. The summed E-state index contributed by atoms with van der Waals surface area (Å²) in [6.07, 6.45) is 4.56. The predicted octanol–water partition coefficient (Wildman–Crippen LogP) is 5.07. The predicted molar refractivity (Wildman–Crippen MR) is 103 cm³/mol. The van der Waals surface area contributed by atoms with Crippen LogP contribution in [0.15, 0.2) is 36.9 Å². The Bertz CT molecular complexity index is 674. The third-order valence-electron chi connectivity index (χ3n) is 5.11. The Kier molecular flexibility index (Phi) is 5.08. The number of amides is 1. The van der Waals surface area contributed by atoms with Gasteiger partial charge in [-0.3, -0.25) is 4.79 Å². The van der Waals surface area contributed by atoms with Crippen molar-refractivity contribution in [3.63, 3.8) is 0 Å². The zero-order valence-electron chi connectivity index (χ0n) is 15.9. The van der Waals surface area contributed by atoms with Crippen LogP contribution in [0.1, 0.15) is 74.5 Å². The van der Waals surface area contributed by atoms with Gasteiger partial charge in [0.1, 0.15) is 0 Å². The third-order valence-corrected chi connectivity index (χ3v) is 5.11. The maximum atomic E-state index is 12.8. The van der Waals surface area contributed by atoms with E-state index in [1.54, 1.807) is 6.08 Å². The summed E-state index contributed by atoms with van der Waals surface area (Å²) in [5.41, 5.74) is 5.78. The topological polar surface area (TPSA) is 29.1 Å². The van der Waals surface area contributed by atoms with E-state index in [1.807, 2.05) is 0 Å². The number of benzene rings is 1. The van der Waals surface area contributed by atoms with Gasteiger partial charge < -0.3 is 5.32 Å². The minimum atomic E-state index is 0.0276. The van der Waals surface area contributed by atoms with E-state index in [1.165, 1.54) is 16.7 Å². The van der Waals surface area contributed by atoms with Crippen molar-refractivity contribution in [3.8, 4) is 0 Å². The molecule has 1 aliphatic rings. The molecule has 0 atom stereocenters. The number of allylic oxidation sites excluding steroid dienone is 1. The standard InChI is InChI=1S/C22H31NO/c1-8-15(2)10-12-23-20(24)18-13-16(21(3,4)5)14-19-17(18)9-11-22(19,6)7/h8,13-14H,1-2,9-12H2,3-7H3,(H,23,24). The van der Waals surface area contributed by atoms with E-state index in [2.05, 4.69) is 65.2 Å². The molecule has 130 valence electrons. The molecule has 0 heterocycles. The Morgan fingerprint density at radius 1 is 1.33 bits per heavy atom. The normalized spacial score (nSPS) is 15.7. The molecule has 2 heteroatoms. The fraction of sp³-hybridized carbons (Fsp3) is 0.500. The van der Waals surface area contributed by atoms with Crippen molar-refractivity contribution in [2.75, 3.05) is 6.54 Å². The zero-order chi connectivity index (χ0) is 18.1. The van der Waals surface area contributed by atoms with E-state index in [4.69, 9.17) is 0 Å². The van der Waals surface area contributed by atoms with Crippen molar-refractivity contribution in [3.05, 3.63) is 59.2 Å². The second kappa shape index (κ2) is 6.58. The van der Waals surface area contributed by atoms with Gasteiger partial charge in [0, 0.05) is 12.1 Å². The number of nitrogens with one attached hydrogen (secondary N) is 1. The van der Waals surface area contributed by atoms with Gasteiger partial charge in [0.2, 0.25) is 0 Å². The lowest BCUT2D eigenvalue weighted by molar-refractivity contribution is 0.0953. The van der Waals surface area contributed by atoms with E-state index in [-0.39, 0.29) is 16.7 Å². The van der Waals surface area contributed by atoms with Gasteiger partial charge in [-0.05, 0) is 52.8 Å². The minimum Gasteiger partial charge on any atom is -0.352 e. The summed E-state index contributed by atoms with van der Waals surface area (Å²) in [4.78, 5) is 12.8. The molecule has 0 bridgehead atoms. The van der Waals surface area contributed by atoms with Gasteiger partial charge in [0.25, 0.3) is 5.91 Å². The van der Waals surface area contributed by atoms with E-state index in [0.29, 0.717) is 6.54 Å². The van der Waals surface area contributed by atoms with Crippen LogP contribution in [-0.2, 0) is 17.3 Å². The molecule has 2 nitrogen and oxygen atoms in total. The molecule has 0 unspecified atom stereocenters. The zero-order valence-corrected chi connectivity index (χ0v) is 15.9. The van der Waals surface area contributed by atoms with Crippen LogP contribution < -0.4 is 5.32 Å².